The Bertz CT molecular complexity index is 1020. The Morgan fingerprint density at radius 2 is 1.93 bits per heavy atom. The molecule has 6 nitrogen and oxygen atoms in total. The van der Waals surface area contributed by atoms with Crippen LogP contribution in [0.4, 0.5) is 14.5 Å². The van der Waals surface area contributed by atoms with Crippen LogP contribution >= 0.6 is 11.6 Å². The molecule has 3 N–H and O–H groups in total. The third kappa shape index (κ3) is 4.61. The van der Waals surface area contributed by atoms with Gasteiger partial charge in [-0.3, -0.25) is 9.48 Å². The molecule has 2 unspecified atom stereocenters. The lowest BCUT2D eigenvalue weighted by molar-refractivity contribution is -0.117. The fourth-order valence-corrected chi connectivity index (χ4v) is 3.44. The number of benzene rings is 2. The summed E-state index contributed by atoms with van der Waals surface area (Å²) < 4.78 is 27.8. The average molecular weight is 418 g/mol. The van der Waals surface area contributed by atoms with Gasteiger partial charge in [0, 0.05) is 17.3 Å². The van der Waals surface area contributed by atoms with Crippen molar-refractivity contribution in [3.8, 4) is 0 Å². The van der Waals surface area contributed by atoms with E-state index in [2.05, 4.69) is 21.3 Å². The van der Waals surface area contributed by atoms with Crippen molar-refractivity contribution in [2.75, 3.05) is 5.32 Å². The molecule has 0 bridgehead atoms. The van der Waals surface area contributed by atoms with Crippen molar-refractivity contribution >= 4 is 23.2 Å². The summed E-state index contributed by atoms with van der Waals surface area (Å²) in [5.74, 6) is -0.904. The lowest BCUT2D eigenvalue weighted by atomic mass is 10.0. The summed E-state index contributed by atoms with van der Waals surface area (Å²) in [7, 11) is 0. The first-order valence-electron chi connectivity index (χ1n) is 9.02. The van der Waals surface area contributed by atoms with Crippen LogP contribution in [0.15, 0.2) is 54.9 Å². The summed E-state index contributed by atoms with van der Waals surface area (Å²) in [5.41, 5.74) is 8.18. The Hall–Kier alpha value is -2.81. The zero-order valence-electron chi connectivity index (χ0n) is 15.2. The molecular formula is C20H18ClF2N5O. The van der Waals surface area contributed by atoms with E-state index in [1.165, 1.54) is 30.5 Å². The van der Waals surface area contributed by atoms with Gasteiger partial charge in [0.15, 0.2) is 0 Å². The fourth-order valence-electron chi connectivity index (χ4n) is 3.21. The maximum atomic E-state index is 13.2. The summed E-state index contributed by atoms with van der Waals surface area (Å²) in [5, 5.41) is 7.34. The maximum absolute atomic E-state index is 13.2. The molecule has 3 aromatic rings. The van der Waals surface area contributed by atoms with Gasteiger partial charge in [-0.1, -0.05) is 29.8 Å². The highest BCUT2D eigenvalue weighted by Crippen LogP contribution is 2.23. The molecule has 0 spiro atoms. The summed E-state index contributed by atoms with van der Waals surface area (Å²) in [6, 6.07) is 9.83. The van der Waals surface area contributed by atoms with Crippen molar-refractivity contribution in [3.63, 3.8) is 0 Å². The van der Waals surface area contributed by atoms with E-state index in [0.717, 1.165) is 11.1 Å². The Balaban J connectivity index is 1.35. The zero-order valence-corrected chi connectivity index (χ0v) is 16.0. The second-order valence-electron chi connectivity index (χ2n) is 6.83. The Morgan fingerprint density at radius 3 is 2.69 bits per heavy atom. The standard InChI is InChI=1S/C20H18ClF2N5O/c21-17-7-15(23)6-3-13(17)10-28-11-16(9-24-28)25-20(29)19-8-18(26-27-19)12-1-4-14(22)5-2-12/h1-7,9,11,18-19,26-27H,8,10H2,(H,25,29). The highest BCUT2D eigenvalue weighted by Gasteiger charge is 2.30. The molecule has 1 aliphatic heterocycles. The minimum Gasteiger partial charge on any atom is -0.322 e. The summed E-state index contributed by atoms with van der Waals surface area (Å²) in [4.78, 5) is 12.5. The largest absolute Gasteiger partial charge is 0.322 e. The number of hydrogen-bond acceptors (Lipinski definition) is 4. The molecule has 2 aromatic carbocycles. The number of halogens is 3. The van der Waals surface area contributed by atoms with E-state index in [9.17, 15) is 13.6 Å². The van der Waals surface area contributed by atoms with Gasteiger partial charge in [0.2, 0.25) is 5.91 Å². The molecule has 1 aromatic heterocycles. The average Bonchev–Trinajstić information content (AvgIpc) is 3.34. The molecule has 29 heavy (non-hydrogen) atoms. The number of hydrogen-bond donors (Lipinski definition) is 3. The smallest absolute Gasteiger partial charge is 0.243 e. The van der Waals surface area contributed by atoms with Crippen LogP contribution in [0.25, 0.3) is 0 Å². The molecule has 1 fully saturated rings. The lowest BCUT2D eigenvalue weighted by Crippen LogP contribution is -2.39. The number of nitrogens with zero attached hydrogens (tertiary/aromatic N) is 2. The van der Waals surface area contributed by atoms with E-state index in [-0.39, 0.29) is 17.8 Å². The highest BCUT2D eigenvalue weighted by atomic mass is 35.5. The summed E-state index contributed by atoms with van der Waals surface area (Å²) >= 11 is 6.04. The number of nitrogens with one attached hydrogen (secondary N) is 3. The topological polar surface area (TPSA) is 71.0 Å². The summed E-state index contributed by atoms with van der Waals surface area (Å²) in [6.07, 6.45) is 3.74. The molecule has 2 atom stereocenters. The minimum atomic E-state index is -0.444. The van der Waals surface area contributed by atoms with Gasteiger partial charge >= 0.3 is 0 Å². The molecule has 0 radical (unpaired) electrons. The first kappa shape index (κ1) is 19.5. The Morgan fingerprint density at radius 1 is 1.17 bits per heavy atom. The summed E-state index contributed by atoms with van der Waals surface area (Å²) in [6.45, 7) is 0.352. The maximum Gasteiger partial charge on any atom is 0.243 e. The van der Waals surface area contributed by atoms with Gasteiger partial charge in [0.25, 0.3) is 0 Å². The van der Waals surface area contributed by atoms with Gasteiger partial charge in [0.05, 0.1) is 18.4 Å². The van der Waals surface area contributed by atoms with Gasteiger partial charge in [0.1, 0.15) is 17.7 Å². The zero-order chi connectivity index (χ0) is 20.4. The third-order valence-corrected chi connectivity index (χ3v) is 5.09. The molecule has 0 aliphatic carbocycles. The van der Waals surface area contributed by atoms with Gasteiger partial charge < -0.3 is 5.32 Å². The van der Waals surface area contributed by atoms with Crippen molar-refractivity contribution < 1.29 is 13.6 Å². The van der Waals surface area contributed by atoms with Crippen LogP contribution in [-0.2, 0) is 11.3 Å². The van der Waals surface area contributed by atoms with Crippen LogP contribution in [0.3, 0.4) is 0 Å². The number of hydrazine groups is 1. The van der Waals surface area contributed by atoms with Crippen LogP contribution in [0.2, 0.25) is 5.02 Å². The number of carbonyl (C=O) groups excluding carboxylic acids is 1. The van der Waals surface area contributed by atoms with Gasteiger partial charge in [-0.25, -0.2) is 19.6 Å². The van der Waals surface area contributed by atoms with E-state index < -0.39 is 11.9 Å². The quantitative estimate of drug-likeness (QED) is 0.595. The molecule has 9 heteroatoms. The first-order chi connectivity index (χ1) is 14.0. The first-order valence-corrected chi connectivity index (χ1v) is 9.39. The van der Waals surface area contributed by atoms with Gasteiger partial charge in [-0.15, -0.1) is 0 Å². The van der Waals surface area contributed by atoms with Crippen molar-refractivity contribution in [1.29, 1.82) is 0 Å². The van der Waals surface area contributed by atoms with Gasteiger partial charge in [-0.2, -0.15) is 5.10 Å². The molecule has 150 valence electrons. The normalized spacial score (nSPS) is 18.7. The minimum absolute atomic E-state index is 0.0882. The predicted molar refractivity (Wildman–Crippen MR) is 105 cm³/mol. The SMILES string of the molecule is O=C(Nc1cnn(Cc2ccc(F)cc2Cl)c1)C1CC(c2ccc(F)cc2)NN1. The molecule has 2 heterocycles. The van der Waals surface area contributed by atoms with Gasteiger partial charge in [-0.05, 0) is 41.8 Å². The number of amides is 1. The third-order valence-electron chi connectivity index (χ3n) is 4.74. The number of rotatable bonds is 5. The molecule has 0 saturated carbocycles. The Kier molecular flexibility index (Phi) is 5.57. The molecule has 1 aliphatic rings. The number of carbonyl (C=O) groups is 1. The van der Waals surface area contributed by atoms with Crippen molar-refractivity contribution in [2.45, 2.75) is 25.0 Å². The van der Waals surface area contributed by atoms with Crippen molar-refractivity contribution in [2.24, 2.45) is 0 Å². The fraction of sp³-hybridized carbons (Fsp3) is 0.200. The number of anilines is 1. The van der Waals surface area contributed by atoms with E-state index in [1.54, 1.807) is 29.1 Å². The second kappa shape index (κ2) is 8.28. The van der Waals surface area contributed by atoms with Crippen molar-refractivity contribution in [1.82, 2.24) is 20.6 Å². The number of aromatic nitrogens is 2. The van der Waals surface area contributed by atoms with E-state index in [4.69, 9.17) is 11.6 Å². The molecular weight excluding hydrogens is 400 g/mol. The highest BCUT2D eigenvalue weighted by molar-refractivity contribution is 6.31. The van der Waals surface area contributed by atoms with Crippen molar-refractivity contribution in [3.05, 3.63) is 82.6 Å². The molecule has 1 amide bonds. The van der Waals surface area contributed by atoms with E-state index in [1.807, 2.05) is 0 Å². The molecule has 4 rings (SSSR count). The van der Waals surface area contributed by atoms with Crippen LogP contribution in [0, 0.1) is 11.6 Å². The predicted octanol–water partition coefficient (Wildman–Crippen LogP) is 3.41. The van der Waals surface area contributed by atoms with Crippen LogP contribution in [-0.4, -0.2) is 21.7 Å². The van der Waals surface area contributed by atoms with Crippen LogP contribution in [0.1, 0.15) is 23.6 Å². The monoisotopic (exact) mass is 417 g/mol. The second-order valence-corrected chi connectivity index (χ2v) is 7.24. The van der Waals surface area contributed by atoms with Crippen LogP contribution < -0.4 is 16.2 Å². The molecule has 1 saturated heterocycles. The van der Waals surface area contributed by atoms with E-state index >= 15 is 0 Å². The van der Waals surface area contributed by atoms with Crippen LogP contribution in [0.5, 0.6) is 0 Å². The Labute approximate surface area is 170 Å². The lowest BCUT2D eigenvalue weighted by Gasteiger charge is -2.10. The van der Waals surface area contributed by atoms with E-state index in [0.29, 0.717) is 23.7 Å².